The molecule has 106 valence electrons. The van der Waals surface area contributed by atoms with E-state index in [1.165, 1.54) is 0 Å². The largest absolute Gasteiger partial charge is 0.382 e. The number of nitrogens with zero attached hydrogens (tertiary/aromatic N) is 1. The van der Waals surface area contributed by atoms with E-state index >= 15 is 0 Å². The summed E-state index contributed by atoms with van der Waals surface area (Å²) >= 11 is 0. The molecule has 0 aromatic rings. The molecule has 0 saturated carbocycles. The minimum Gasteiger partial charge on any atom is -0.382 e. The zero-order valence-electron chi connectivity index (χ0n) is 11.1. The van der Waals surface area contributed by atoms with Gasteiger partial charge >= 0.3 is 0 Å². The van der Waals surface area contributed by atoms with Gasteiger partial charge in [-0.25, -0.2) is 0 Å². The Morgan fingerprint density at radius 2 is 1.78 bits per heavy atom. The molecule has 1 saturated heterocycles. The van der Waals surface area contributed by atoms with E-state index in [2.05, 4.69) is 0 Å². The lowest BCUT2D eigenvalue weighted by atomic mass is 10.1. The lowest BCUT2D eigenvalue weighted by Gasteiger charge is -2.30. The fraction of sp³-hybridized carbons (Fsp3) is 0.917. The number of methoxy groups -OCH3 is 1. The van der Waals surface area contributed by atoms with Gasteiger partial charge in [0.25, 0.3) is 0 Å². The molecule has 1 fully saturated rings. The second-order valence-electron chi connectivity index (χ2n) is 4.38. The molecule has 18 heavy (non-hydrogen) atoms. The lowest BCUT2D eigenvalue weighted by molar-refractivity contribution is -0.137. The third-order valence-corrected chi connectivity index (χ3v) is 2.92. The average molecular weight is 260 g/mol. The SMILES string of the molecule is COCCOCCOCC(=O)N1CCC(N)CC1. The Labute approximate surface area is 108 Å². The highest BCUT2D eigenvalue weighted by atomic mass is 16.5. The van der Waals surface area contributed by atoms with Crippen LogP contribution in [0.3, 0.4) is 0 Å². The van der Waals surface area contributed by atoms with Crippen LogP contribution in [-0.2, 0) is 19.0 Å². The highest BCUT2D eigenvalue weighted by Gasteiger charge is 2.20. The summed E-state index contributed by atoms with van der Waals surface area (Å²) in [5.74, 6) is 0.0405. The number of rotatable bonds is 8. The molecule has 1 aliphatic heterocycles. The minimum absolute atomic E-state index is 0.0405. The molecule has 1 amide bonds. The summed E-state index contributed by atoms with van der Waals surface area (Å²) in [6.07, 6.45) is 1.76. The molecule has 0 unspecified atom stereocenters. The Bertz CT molecular complexity index is 230. The van der Waals surface area contributed by atoms with Crippen molar-refractivity contribution in [3.05, 3.63) is 0 Å². The Kier molecular flexibility index (Phi) is 7.91. The number of hydrogen-bond donors (Lipinski definition) is 1. The first kappa shape index (κ1) is 15.4. The van der Waals surface area contributed by atoms with Gasteiger partial charge in [0.05, 0.1) is 26.4 Å². The molecule has 1 heterocycles. The molecular formula is C12H24N2O4. The number of piperidine rings is 1. The predicted molar refractivity (Wildman–Crippen MR) is 67.3 cm³/mol. The van der Waals surface area contributed by atoms with E-state index in [1.807, 2.05) is 4.90 Å². The van der Waals surface area contributed by atoms with Crippen molar-refractivity contribution >= 4 is 5.91 Å². The maximum atomic E-state index is 11.7. The van der Waals surface area contributed by atoms with Crippen molar-refractivity contribution in [2.24, 2.45) is 5.73 Å². The molecule has 0 radical (unpaired) electrons. The Morgan fingerprint density at radius 1 is 1.17 bits per heavy atom. The van der Waals surface area contributed by atoms with Crippen LogP contribution in [0.5, 0.6) is 0 Å². The molecule has 0 aliphatic carbocycles. The van der Waals surface area contributed by atoms with E-state index in [0.717, 1.165) is 25.9 Å². The van der Waals surface area contributed by atoms with Gasteiger partial charge in [-0.3, -0.25) is 4.79 Å². The molecule has 1 rings (SSSR count). The summed E-state index contributed by atoms with van der Waals surface area (Å²) in [7, 11) is 1.63. The van der Waals surface area contributed by atoms with Gasteiger partial charge in [-0.2, -0.15) is 0 Å². The third kappa shape index (κ3) is 6.30. The fourth-order valence-corrected chi connectivity index (χ4v) is 1.76. The van der Waals surface area contributed by atoms with Gasteiger partial charge in [0.15, 0.2) is 0 Å². The predicted octanol–water partition coefficient (Wildman–Crippen LogP) is -0.384. The van der Waals surface area contributed by atoms with Gasteiger partial charge in [0, 0.05) is 26.2 Å². The van der Waals surface area contributed by atoms with Crippen LogP contribution in [0.4, 0.5) is 0 Å². The number of ether oxygens (including phenoxy) is 3. The van der Waals surface area contributed by atoms with E-state index in [1.54, 1.807) is 7.11 Å². The number of carbonyl (C=O) groups is 1. The maximum Gasteiger partial charge on any atom is 0.248 e. The topological polar surface area (TPSA) is 74.0 Å². The number of nitrogens with two attached hydrogens (primary N) is 1. The molecule has 0 atom stereocenters. The number of likely N-dealkylation sites (tertiary alicyclic amines) is 1. The Morgan fingerprint density at radius 3 is 2.44 bits per heavy atom. The van der Waals surface area contributed by atoms with Crippen molar-refractivity contribution < 1.29 is 19.0 Å². The zero-order valence-corrected chi connectivity index (χ0v) is 11.1. The third-order valence-electron chi connectivity index (χ3n) is 2.92. The van der Waals surface area contributed by atoms with E-state index in [-0.39, 0.29) is 18.6 Å². The van der Waals surface area contributed by atoms with Crippen molar-refractivity contribution in [3.63, 3.8) is 0 Å². The molecule has 0 spiro atoms. The molecule has 0 bridgehead atoms. The quantitative estimate of drug-likeness (QED) is 0.602. The van der Waals surface area contributed by atoms with Gasteiger partial charge < -0.3 is 24.8 Å². The van der Waals surface area contributed by atoms with Crippen LogP contribution < -0.4 is 5.73 Å². The summed E-state index contributed by atoms with van der Waals surface area (Å²) in [6.45, 7) is 3.67. The van der Waals surface area contributed by atoms with Crippen molar-refractivity contribution in [1.82, 2.24) is 4.90 Å². The standard InChI is InChI=1S/C12H24N2O4/c1-16-6-7-17-8-9-18-10-12(15)14-4-2-11(13)3-5-14/h11H,2-10,13H2,1H3. The molecule has 6 nitrogen and oxygen atoms in total. The summed E-state index contributed by atoms with van der Waals surface area (Å²) in [5.41, 5.74) is 5.78. The summed E-state index contributed by atoms with van der Waals surface area (Å²) < 4.78 is 15.3. The molecule has 1 aliphatic rings. The second-order valence-corrected chi connectivity index (χ2v) is 4.38. The van der Waals surface area contributed by atoms with Crippen LogP contribution in [0.1, 0.15) is 12.8 Å². The first-order chi connectivity index (χ1) is 8.74. The van der Waals surface area contributed by atoms with Crippen LogP contribution in [0.2, 0.25) is 0 Å². The molecular weight excluding hydrogens is 236 g/mol. The first-order valence-corrected chi connectivity index (χ1v) is 6.42. The van der Waals surface area contributed by atoms with Gasteiger partial charge in [0.1, 0.15) is 6.61 Å². The number of carbonyl (C=O) groups excluding carboxylic acids is 1. The Hall–Kier alpha value is -0.690. The summed E-state index contributed by atoms with van der Waals surface area (Å²) in [4.78, 5) is 13.6. The summed E-state index contributed by atoms with van der Waals surface area (Å²) in [6, 6.07) is 0.240. The molecule has 2 N–H and O–H groups in total. The highest BCUT2D eigenvalue weighted by Crippen LogP contribution is 2.08. The van der Waals surface area contributed by atoms with E-state index < -0.39 is 0 Å². The average Bonchev–Trinajstić information content (AvgIpc) is 2.38. The lowest BCUT2D eigenvalue weighted by Crippen LogP contribution is -2.44. The molecule has 6 heteroatoms. The summed E-state index contributed by atoms with van der Waals surface area (Å²) in [5, 5.41) is 0. The molecule has 0 aromatic carbocycles. The van der Waals surface area contributed by atoms with Crippen molar-refractivity contribution in [1.29, 1.82) is 0 Å². The van der Waals surface area contributed by atoms with Crippen molar-refractivity contribution in [2.75, 3.05) is 53.2 Å². The Balaban J connectivity index is 1.96. The van der Waals surface area contributed by atoms with Gasteiger partial charge in [-0.05, 0) is 12.8 Å². The second kappa shape index (κ2) is 9.27. The first-order valence-electron chi connectivity index (χ1n) is 6.42. The van der Waals surface area contributed by atoms with Crippen LogP contribution >= 0.6 is 0 Å². The fourth-order valence-electron chi connectivity index (χ4n) is 1.76. The maximum absolute atomic E-state index is 11.7. The number of amides is 1. The van der Waals surface area contributed by atoms with Crippen LogP contribution in [0.25, 0.3) is 0 Å². The van der Waals surface area contributed by atoms with Gasteiger partial charge in [0.2, 0.25) is 5.91 Å². The molecule has 0 aromatic heterocycles. The van der Waals surface area contributed by atoms with Gasteiger partial charge in [-0.1, -0.05) is 0 Å². The van der Waals surface area contributed by atoms with Crippen molar-refractivity contribution in [2.45, 2.75) is 18.9 Å². The minimum atomic E-state index is 0.0405. The normalized spacial score (nSPS) is 17.1. The zero-order chi connectivity index (χ0) is 13.2. The van der Waals surface area contributed by atoms with Crippen molar-refractivity contribution in [3.8, 4) is 0 Å². The smallest absolute Gasteiger partial charge is 0.248 e. The van der Waals surface area contributed by atoms with E-state index in [9.17, 15) is 4.79 Å². The highest BCUT2D eigenvalue weighted by molar-refractivity contribution is 5.77. The van der Waals surface area contributed by atoms with E-state index in [0.29, 0.717) is 26.4 Å². The van der Waals surface area contributed by atoms with E-state index in [4.69, 9.17) is 19.9 Å². The van der Waals surface area contributed by atoms with Crippen LogP contribution in [-0.4, -0.2) is 70.1 Å². The van der Waals surface area contributed by atoms with Crippen LogP contribution in [0.15, 0.2) is 0 Å². The number of hydrogen-bond acceptors (Lipinski definition) is 5. The van der Waals surface area contributed by atoms with Gasteiger partial charge in [-0.15, -0.1) is 0 Å². The van der Waals surface area contributed by atoms with Crippen LogP contribution in [0, 0.1) is 0 Å². The monoisotopic (exact) mass is 260 g/mol.